The number of carbonyl (C=O) groups is 1. The van der Waals surface area contributed by atoms with E-state index < -0.39 is 5.97 Å². The fourth-order valence-electron chi connectivity index (χ4n) is 1.18. The molecule has 0 aliphatic rings. The molecule has 1 aromatic carbocycles. The Labute approximate surface area is 111 Å². The Bertz CT molecular complexity index is 349. The van der Waals surface area contributed by atoms with Gasteiger partial charge in [0.25, 0.3) is 0 Å². The van der Waals surface area contributed by atoms with Crippen molar-refractivity contribution in [1.29, 1.82) is 0 Å². The van der Waals surface area contributed by atoms with Gasteiger partial charge < -0.3 is 5.11 Å². The van der Waals surface area contributed by atoms with E-state index in [1.807, 2.05) is 11.8 Å². The summed E-state index contributed by atoms with van der Waals surface area (Å²) in [6.07, 6.45) is 0. The number of aryl methyl sites for hydroxylation is 1. The second kappa shape index (κ2) is 7.67. The van der Waals surface area contributed by atoms with Gasteiger partial charge in [-0.05, 0) is 19.1 Å². The summed E-state index contributed by atoms with van der Waals surface area (Å²) in [4.78, 5) is 11.9. The Morgan fingerprint density at radius 1 is 1.29 bits per heavy atom. The minimum absolute atomic E-state index is 0.246. The van der Waals surface area contributed by atoms with E-state index in [9.17, 15) is 4.79 Å². The van der Waals surface area contributed by atoms with Crippen molar-refractivity contribution in [1.82, 2.24) is 0 Å². The van der Waals surface area contributed by atoms with Crippen LogP contribution in [0.15, 0.2) is 29.2 Å². The van der Waals surface area contributed by atoms with E-state index in [0.717, 1.165) is 11.5 Å². The SMILES string of the molecule is Cc1ccc(SCCSCC(C)C(=O)O)cc1. The van der Waals surface area contributed by atoms with Gasteiger partial charge in [0.05, 0.1) is 5.92 Å². The minimum Gasteiger partial charge on any atom is -0.481 e. The highest BCUT2D eigenvalue weighted by molar-refractivity contribution is 8.03. The fourth-order valence-corrected chi connectivity index (χ4v) is 3.22. The molecule has 1 unspecified atom stereocenters. The number of thioether (sulfide) groups is 2. The minimum atomic E-state index is -0.705. The van der Waals surface area contributed by atoms with Crippen LogP contribution in [0.1, 0.15) is 12.5 Å². The molecule has 0 aromatic heterocycles. The van der Waals surface area contributed by atoms with Gasteiger partial charge in [-0.15, -0.1) is 11.8 Å². The maximum Gasteiger partial charge on any atom is 0.307 e. The molecule has 0 aliphatic heterocycles. The molecular weight excluding hydrogens is 252 g/mol. The third-order valence-electron chi connectivity index (χ3n) is 2.31. The first kappa shape index (κ1) is 14.5. The number of aliphatic carboxylic acids is 1. The lowest BCUT2D eigenvalue weighted by molar-refractivity contribution is -0.140. The number of carboxylic acids is 1. The molecule has 0 heterocycles. The molecule has 1 atom stereocenters. The second-order valence-corrected chi connectivity index (χ2v) is 6.29. The van der Waals surface area contributed by atoms with Crippen molar-refractivity contribution in [3.63, 3.8) is 0 Å². The van der Waals surface area contributed by atoms with Gasteiger partial charge in [-0.2, -0.15) is 11.8 Å². The molecule has 0 amide bonds. The Morgan fingerprint density at radius 3 is 2.53 bits per heavy atom. The first-order valence-corrected chi connectivity index (χ1v) is 7.73. The van der Waals surface area contributed by atoms with Gasteiger partial charge in [0.1, 0.15) is 0 Å². The van der Waals surface area contributed by atoms with Gasteiger partial charge >= 0.3 is 5.97 Å². The average Bonchev–Trinajstić information content (AvgIpc) is 2.30. The monoisotopic (exact) mass is 270 g/mol. The third kappa shape index (κ3) is 6.03. The van der Waals surface area contributed by atoms with Crippen LogP contribution in [0.25, 0.3) is 0 Å². The maximum atomic E-state index is 10.6. The quantitative estimate of drug-likeness (QED) is 0.607. The maximum absolute atomic E-state index is 10.6. The molecule has 0 fully saturated rings. The zero-order valence-corrected chi connectivity index (χ0v) is 11.8. The standard InChI is InChI=1S/C13H18O2S2/c1-10-3-5-12(6-4-10)17-8-7-16-9-11(2)13(14)15/h3-6,11H,7-9H2,1-2H3,(H,14,15). The van der Waals surface area contributed by atoms with Crippen LogP contribution in [0.2, 0.25) is 0 Å². The Hall–Kier alpha value is -0.610. The van der Waals surface area contributed by atoms with E-state index in [4.69, 9.17) is 5.11 Å². The lowest BCUT2D eigenvalue weighted by Crippen LogP contribution is -2.12. The fraction of sp³-hybridized carbons (Fsp3) is 0.462. The molecule has 1 N–H and O–H groups in total. The zero-order valence-electron chi connectivity index (χ0n) is 10.2. The van der Waals surface area contributed by atoms with Crippen molar-refractivity contribution in [3.05, 3.63) is 29.8 Å². The van der Waals surface area contributed by atoms with Crippen LogP contribution in [0.4, 0.5) is 0 Å². The molecule has 17 heavy (non-hydrogen) atoms. The molecule has 1 aromatic rings. The van der Waals surface area contributed by atoms with E-state index in [-0.39, 0.29) is 5.92 Å². The van der Waals surface area contributed by atoms with Crippen molar-refractivity contribution < 1.29 is 9.90 Å². The summed E-state index contributed by atoms with van der Waals surface area (Å²) >= 11 is 3.53. The predicted molar refractivity (Wildman–Crippen MR) is 76.0 cm³/mol. The van der Waals surface area contributed by atoms with Crippen molar-refractivity contribution >= 4 is 29.5 Å². The van der Waals surface area contributed by atoms with Gasteiger partial charge in [0.15, 0.2) is 0 Å². The summed E-state index contributed by atoms with van der Waals surface area (Å²) in [6, 6.07) is 8.49. The zero-order chi connectivity index (χ0) is 12.7. The van der Waals surface area contributed by atoms with Crippen molar-refractivity contribution in [3.8, 4) is 0 Å². The summed E-state index contributed by atoms with van der Waals surface area (Å²) in [6.45, 7) is 3.83. The van der Waals surface area contributed by atoms with Crippen LogP contribution < -0.4 is 0 Å². The first-order valence-electron chi connectivity index (χ1n) is 5.59. The van der Waals surface area contributed by atoms with Gasteiger partial charge in [-0.3, -0.25) is 4.79 Å². The summed E-state index contributed by atoms with van der Waals surface area (Å²) < 4.78 is 0. The normalized spacial score (nSPS) is 12.4. The third-order valence-corrected chi connectivity index (χ3v) is 4.81. The molecule has 1 rings (SSSR count). The summed E-state index contributed by atoms with van der Waals surface area (Å²) in [5.41, 5.74) is 1.28. The van der Waals surface area contributed by atoms with Gasteiger partial charge in [-0.25, -0.2) is 0 Å². The van der Waals surface area contributed by atoms with E-state index in [1.54, 1.807) is 18.7 Å². The Kier molecular flexibility index (Phi) is 6.52. The molecule has 94 valence electrons. The van der Waals surface area contributed by atoms with Gasteiger partial charge in [0, 0.05) is 22.2 Å². The number of rotatable bonds is 7. The smallest absolute Gasteiger partial charge is 0.307 e. The molecule has 0 aliphatic carbocycles. The largest absolute Gasteiger partial charge is 0.481 e. The van der Waals surface area contributed by atoms with Crippen LogP contribution in [0, 0.1) is 12.8 Å². The highest BCUT2D eigenvalue weighted by atomic mass is 32.2. The van der Waals surface area contributed by atoms with Crippen LogP contribution in [-0.4, -0.2) is 28.3 Å². The highest BCUT2D eigenvalue weighted by Gasteiger charge is 2.09. The number of hydrogen-bond donors (Lipinski definition) is 1. The number of benzene rings is 1. The predicted octanol–water partition coefficient (Wildman–Crippen LogP) is 3.54. The van der Waals surface area contributed by atoms with Gasteiger partial charge in [-0.1, -0.05) is 24.6 Å². The van der Waals surface area contributed by atoms with E-state index in [2.05, 4.69) is 31.2 Å². The second-order valence-electron chi connectivity index (χ2n) is 3.98. The topological polar surface area (TPSA) is 37.3 Å². The molecule has 4 heteroatoms. The molecule has 0 saturated heterocycles. The van der Waals surface area contributed by atoms with Crippen molar-refractivity contribution in [2.45, 2.75) is 18.7 Å². The van der Waals surface area contributed by atoms with Crippen LogP contribution in [0.3, 0.4) is 0 Å². The molecule has 2 nitrogen and oxygen atoms in total. The van der Waals surface area contributed by atoms with Gasteiger partial charge in [0.2, 0.25) is 0 Å². The van der Waals surface area contributed by atoms with E-state index in [0.29, 0.717) is 5.75 Å². The lowest BCUT2D eigenvalue weighted by Gasteiger charge is -2.05. The Balaban J connectivity index is 2.12. The van der Waals surface area contributed by atoms with Crippen molar-refractivity contribution in [2.24, 2.45) is 5.92 Å². The molecule has 0 spiro atoms. The van der Waals surface area contributed by atoms with E-state index >= 15 is 0 Å². The van der Waals surface area contributed by atoms with Crippen molar-refractivity contribution in [2.75, 3.05) is 17.3 Å². The highest BCUT2D eigenvalue weighted by Crippen LogP contribution is 2.20. The first-order chi connectivity index (χ1) is 8.09. The van der Waals surface area contributed by atoms with Crippen LogP contribution >= 0.6 is 23.5 Å². The Morgan fingerprint density at radius 2 is 1.94 bits per heavy atom. The molecular formula is C13H18O2S2. The van der Waals surface area contributed by atoms with Crippen LogP contribution in [0.5, 0.6) is 0 Å². The number of hydrogen-bond acceptors (Lipinski definition) is 3. The summed E-state index contributed by atoms with van der Waals surface area (Å²) in [5.74, 6) is 1.77. The molecule has 0 radical (unpaired) electrons. The summed E-state index contributed by atoms with van der Waals surface area (Å²) in [7, 11) is 0. The van der Waals surface area contributed by atoms with Crippen LogP contribution in [-0.2, 0) is 4.79 Å². The molecule has 0 bridgehead atoms. The summed E-state index contributed by atoms with van der Waals surface area (Å²) in [5, 5.41) is 8.72. The average molecular weight is 270 g/mol. The number of carboxylic acid groups (broad SMARTS) is 1. The molecule has 0 saturated carbocycles. The lowest BCUT2D eigenvalue weighted by atomic mass is 10.2. The van der Waals surface area contributed by atoms with E-state index in [1.165, 1.54) is 10.5 Å².